The third-order valence-corrected chi connectivity index (χ3v) is 6.66. The van der Waals surface area contributed by atoms with Gasteiger partial charge in [0, 0.05) is 37.8 Å². The first-order valence-electron chi connectivity index (χ1n) is 10.5. The van der Waals surface area contributed by atoms with Gasteiger partial charge in [0.1, 0.15) is 5.69 Å². The first kappa shape index (κ1) is 24.1. The van der Waals surface area contributed by atoms with Gasteiger partial charge in [-0.15, -0.1) is 0 Å². The highest BCUT2D eigenvalue weighted by Gasteiger charge is 2.26. The summed E-state index contributed by atoms with van der Waals surface area (Å²) in [5.74, 6) is 0. The van der Waals surface area contributed by atoms with Crippen molar-refractivity contribution in [2.75, 3.05) is 31.6 Å². The van der Waals surface area contributed by atoms with Crippen molar-refractivity contribution in [2.45, 2.75) is 43.9 Å². The average molecular weight is 463 g/mol. The summed E-state index contributed by atoms with van der Waals surface area (Å²) in [6, 6.07) is 14.0. The standard InChI is InChI=1S/C22H30N4O5S/c1-22(2,3)24-32(29,30)19-9-10-20(21(13-19)26(27)28)23-14-18-16-25(11-12-31-18)15-17-7-5-4-6-8-17/h4-10,13,18,23-24H,11-12,14-16H2,1-3H3. The molecule has 1 fully saturated rings. The predicted octanol–water partition coefficient (Wildman–Crippen LogP) is 2.98. The lowest BCUT2D eigenvalue weighted by Crippen LogP contribution is -2.44. The number of anilines is 1. The number of nitro groups is 1. The Morgan fingerprint density at radius 2 is 1.91 bits per heavy atom. The zero-order valence-corrected chi connectivity index (χ0v) is 19.4. The Labute approximate surface area is 189 Å². The van der Waals surface area contributed by atoms with E-state index in [-0.39, 0.29) is 22.4 Å². The van der Waals surface area contributed by atoms with E-state index in [1.165, 1.54) is 17.7 Å². The summed E-state index contributed by atoms with van der Waals surface area (Å²) >= 11 is 0. The molecular weight excluding hydrogens is 432 g/mol. The van der Waals surface area contributed by atoms with Crippen molar-refractivity contribution < 1.29 is 18.1 Å². The number of rotatable bonds is 8. The fraction of sp³-hybridized carbons (Fsp3) is 0.455. The molecule has 0 aliphatic carbocycles. The summed E-state index contributed by atoms with van der Waals surface area (Å²) in [6.45, 7) is 8.40. The fourth-order valence-electron chi connectivity index (χ4n) is 3.55. The Morgan fingerprint density at radius 3 is 2.56 bits per heavy atom. The molecule has 1 heterocycles. The largest absolute Gasteiger partial charge is 0.377 e. The molecule has 0 spiro atoms. The van der Waals surface area contributed by atoms with E-state index in [0.29, 0.717) is 19.7 Å². The minimum atomic E-state index is -3.88. The van der Waals surface area contributed by atoms with Crippen LogP contribution in [0.25, 0.3) is 0 Å². The summed E-state index contributed by atoms with van der Waals surface area (Å²) in [4.78, 5) is 13.2. The van der Waals surface area contributed by atoms with Crippen molar-refractivity contribution in [3.8, 4) is 0 Å². The molecule has 2 N–H and O–H groups in total. The van der Waals surface area contributed by atoms with Gasteiger partial charge < -0.3 is 10.1 Å². The quantitative estimate of drug-likeness (QED) is 0.458. The molecule has 0 aromatic heterocycles. The van der Waals surface area contributed by atoms with Gasteiger partial charge in [0.05, 0.1) is 22.5 Å². The van der Waals surface area contributed by atoms with E-state index >= 15 is 0 Å². The van der Waals surface area contributed by atoms with Crippen LogP contribution in [0.3, 0.4) is 0 Å². The topological polar surface area (TPSA) is 114 Å². The van der Waals surface area contributed by atoms with E-state index in [2.05, 4.69) is 27.1 Å². The van der Waals surface area contributed by atoms with Gasteiger partial charge in [0.15, 0.2) is 0 Å². The van der Waals surface area contributed by atoms with E-state index in [9.17, 15) is 18.5 Å². The van der Waals surface area contributed by atoms with Crippen LogP contribution in [0, 0.1) is 10.1 Å². The molecule has 3 rings (SSSR count). The Hall–Kier alpha value is -2.53. The lowest BCUT2D eigenvalue weighted by molar-refractivity contribution is -0.384. The number of benzene rings is 2. The summed E-state index contributed by atoms with van der Waals surface area (Å²) in [6.07, 6.45) is -0.141. The predicted molar refractivity (Wildman–Crippen MR) is 123 cm³/mol. The first-order chi connectivity index (χ1) is 15.0. The molecule has 1 unspecified atom stereocenters. The monoisotopic (exact) mass is 462 g/mol. The Bertz CT molecular complexity index is 1040. The molecule has 0 saturated carbocycles. The third kappa shape index (κ3) is 6.73. The molecule has 1 atom stereocenters. The summed E-state index contributed by atoms with van der Waals surface area (Å²) in [5, 5.41) is 14.7. The summed E-state index contributed by atoms with van der Waals surface area (Å²) < 4.78 is 33.4. The van der Waals surface area contributed by atoms with Gasteiger partial charge in [0.2, 0.25) is 10.0 Å². The Kier molecular flexibility index (Phi) is 7.50. The fourth-order valence-corrected chi connectivity index (χ4v) is 4.99. The number of ether oxygens (including phenoxy) is 1. The van der Waals surface area contributed by atoms with Crippen molar-refractivity contribution in [1.29, 1.82) is 0 Å². The molecule has 2 aromatic carbocycles. The molecule has 1 aliphatic heterocycles. The van der Waals surface area contributed by atoms with Crippen molar-refractivity contribution >= 4 is 21.4 Å². The highest BCUT2D eigenvalue weighted by molar-refractivity contribution is 7.89. The van der Waals surface area contributed by atoms with Crippen LogP contribution in [-0.4, -0.2) is 56.1 Å². The third-order valence-electron chi connectivity index (χ3n) is 4.91. The molecule has 1 saturated heterocycles. The van der Waals surface area contributed by atoms with Crippen LogP contribution in [0.15, 0.2) is 53.4 Å². The van der Waals surface area contributed by atoms with Crippen LogP contribution in [0.1, 0.15) is 26.3 Å². The molecule has 2 aromatic rings. The highest BCUT2D eigenvalue weighted by atomic mass is 32.2. The number of hydrogen-bond donors (Lipinski definition) is 2. The minimum Gasteiger partial charge on any atom is -0.377 e. The van der Waals surface area contributed by atoms with E-state index in [1.807, 2.05) is 18.2 Å². The lowest BCUT2D eigenvalue weighted by Gasteiger charge is -2.33. The molecule has 174 valence electrons. The maximum atomic E-state index is 12.5. The van der Waals surface area contributed by atoms with Crippen molar-refractivity contribution in [3.63, 3.8) is 0 Å². The molecule has 0 amide bonds. The highest BCUT2D eigenvalue weighted by Crippen LogP contribution is 2.28. The smallest absolute Gasteiger partial charge is 0.293 e. The van der Waals surface area contributed by atoms with Crippen molar-refractivity contribution in [2.24, 2.45) is 0 Å². The van der Waals surface area contributed by atoms with Crippen LogP contribution in [0.5, 0.6) is 0 Å². The molecular formula is C22H30N4O5S. The number of nitrogens with zero attached hydrogens (tertiary/aromatic N) is 2. The second-order valence-corrected chi connectivity index (χ2v) is 10.6. The van der Waals surface area contributed by atoms with Gasteiger partial charge in [0.25, 0.3) is 5.69 Å². The zero-order chi connectivity index (χ0) is 23.4. The number of sulfonamides is 1. The van der Waals surface area contributed by atoms with E-state index in [0.717, 1.165) is 19.2 Å². The second kappa shape index (κ2) is 9.95. The van der Waals surface area contributed by atoms with Gasteiger partial charge in [-0.05, 0) is 38.5 Å². The maximum Gasteiger partial charge on any atom is 0.293 e. The summed E-state index contributed by atoms with van der Waals surface area (Å²) in [5.41, 5.74) is 0.485. The SMILES string of the molecule is CC(C)(C)NS(=O)(=O)c1ccc(NCC2CN(Cc3ccccc3)CCO2)c([N+](=O)[O-])c1. The zero-order valence-electron chi connectivity index (χ0n) is 18.6. The number of hydrogen-bond acceptors (Lipinski definition) is 7. The second-order valence-electron chi connectivity index (χ2n) is 8.89. The molecule has 10 heteroatoms. The molecule has 1 aliphatic rings. The van der Waals surface area contributed by atoms with Crippen LogP contribution < -0.4 is 10.0 Å². The van der Waals surface area contributed by atoms with Gasteiger partial charge >= 0.3 is 0 Å². The lowest BCUT2D eigenvalue weighted by atomic mass is 10.1. The number of morpholine rings is 1. The maximum absolute atomic E-state index is 12.5. The van der Waals surface area contributed by atoms with E-state index in [4.69, 9.17) is 4.74 Å². The Morgan fingerprint density at radius 1 is 1.19 bits per heavy atom. The normalized spacial score (nSPS) is 17.8. The number of nitrogens with one attached hydrogen (secondary N) is 2. The molecule has 0 bridgehead atoms. The van der Waals surface area contributed by atoms with Crippen molar-refractivity contribution in [1.82, 2.24) is 9.62 Å². The average Bonchev–Trinajstić information content (AvgIpc) is 2.71. The Balaban J connectivity index is 1.67. The van der Waals surface area contributed by atoms with Gasteiger partial charge in [-0.2, -0.15) is 0 Å². The van der Waals surface area contributed by atoms with E-state index in [1.54, 1.807) is 20.8 Å². The molecule has 32 heavy (non-hydrogen) atoms. The van der Waals surface area contributed by atoms with Crippen LogP contribution in [0.2, 0.25) is 0 Å². The molecule has 0 radical (unpaired) electrons. The van der Waals surface area contributed by atoms with Crippen LogP contribution in [-0.2, 0) is 21.3 Å². The van der Waals surface area contributed by atoms with Gasteiger partial charge in [-0.25, -0.2) is 13.1 Å². The van der Waals surface area contributed by atoms with Gasteiger partial charge in [-0.3, -0.25) is 15.0 Å². The first-order valence-corrected chi connectivity index (χ1v) is 12.0. The molecule has 9 nitrogen and oxygen atoms in total. The minimum absolute atomic E-state index is 0.141. The van der Waals surface area contributed by atoms with E-state index < -0.39 is 20.5 Å². The summed E-state index contributed by atoms with van der Waals surface area (Å²) in [7, 11) is -3.88. The van der Waals surface area contributed by atoms with Crippen LogP contribution in [0.4, 0.5) is 11.4 Å². The van der Waals surface area contributed by atoms with Crippen LogP contribution >= 0.6 is 0 Å². The van der Waals surface area contributed by atoms with Gasteiger partial charge in [-0.1, -0.05) is 30.3 Å². The van der Waals surface area contributed by atoms with Crippen molar-refractivity contribution in [3.05, 3.63) is 64.2 Å². The number of nitro benzene ring substituents is 1.